The standard InChI is InChI=1S/C9H13N3O2/c13-7-1-2-10-9(7)6-5-8-12(11-6)3-4-14-8/h5,7,9-10,13H,1-4H2. The Hall–Kier alpha value is -1.07. The Labute approximate surface area is 81.7 Å². The van der Waals surface area contributed by atoms with Crippen molar-refractivity contribution in [2.75, 3.05) is 13.2 Å². The number of ether oxygens (including phenoxy) is 1. The molecule has 0 aromatic carbocycles. The van der Waals surface area contributed by atoms with Crippen LogP contribution in [0.2, 0.25) is 0 Å². The minimum atomic E-state index is -0.314. The van der Waals surface area contributed by atoms with Crippen molar-refractivity contribution in [2.24, 2.45) is 0 Å². The van der Waals surface area contributed by atoms with Crippen LogP contribution < -0.4 is 10.1 Å². The van der Waals surface area contributed by atoms with Gasteiger partial charge in [-0.1, -0.05) is 0 Å². The van der Waals surface area contributed by atoms with Gasteiger partial charge < -0.3 is 15.2 Å². The van der Waals surface area contributed by atoms with Gasteiger partial charge in [0, 0.05) is 6.07 Å². The highest BCUT2D eigenvalue weighted by molar-refractivity contribution is 5.22. The van der Waals surface area contributed by atoms with Gasteiger partial charge in [0.1, 0.15) is 6.61 Å². The van der Waals surface area contributed by atoms with Gasteiger partial charge in [-0.15, -0.1) is 0 Å². The second kappa shape index (κ2) is 2.96. The Morgan fingerprint density at radius 1 is 1.64 bits per heavy atom. The molecule has 2 atom stereocenters. The first kappa shape index (κ1) is 8.26. The van der Waals surface area contributed by atoms with Crippen LogP contribution in [0, 0.1) is 0 Å². The average molecular weight is 195 g/mol. The van der Waals surface area contributed by atoms with Gasteiger partial charge in [0.2, 0.25) is 5.88 Å². The maximum Gasteiger partial charge on any atom is 0.212 e. The third-order valence-corrected chi connectivity index (χ3v) is 2.82. The van der Waals surface area contributed by atoms with Crippen molar-refractivity contribution in [3.8, 4) is 5.88 Å². The highest BCUT2D eigenvalue weighted by atomic mass is 16.5. The molecule has 0 radical (unpaired) electrons. The number of aliphatic hydroxyl groups excluding tert-OH is 1. The largest absolute Gasteiger partial charge is 0.476 e. The maximum atomic E-state index is 9.68. The summed E-state index contributed by atoms with van der Waals surface area (Å²) in [4.78, 5) is 0. The van der Waals surface area contributed by atoms with Crippen LogP contribution in [0.25, 0.3) is 0 Å². The Morgan fingerprint density at radius 3 is 3.29 bits per heavy atom. The number of hydrogen-bond acceptors (Lipinski definition) is 4. The molecular formula is C9H13N3O2. The average Bonchev–Trinajstić information content (AvgIpc) is 2.75. The van der Waals surface area contributed by atoms with Crippen LogP contribution in [-0.2, 0) is 6.54 Å². The summed E-state index contributed by atoms with van der Waals surface area (Å²) in [6.07, 6.45) is 0.485. The third kappa shape index (κ3) is 1.13. The third-order valence-electron chi connectivity index (χ3n) is 2.82. The zero-order chi connectivity index (χ0) is 9.54. The van der Waals surface area contributed by atoms with Crippen molar-refractivity contribution in [2.45, 2.75) is 25.1 Å². The van der Waals surface area contributed by atoms with Gasteiger partial charge in [-0.25, -0.2) is 4.68 Å². The van der Waals surface area contributed by atoms with Gasteiger partial charge >= 0.3 is 0 Å². The molecule has 3 heterocycles. The van der Waals surface area contributed by atoms with Gasteiger partial charge in [-0.2, -0.15) is 5.10 Å². The van der Waals surface area contributed by atoms with Gasteiger partial charge in [0.15, 0.2) is 0 Å². The van der Waals surface area contributed by atoms with Crippen molar-refractivity contribution in [3.63, 3.8) is 0 Å². The molecule has 2 aliphatic heterocycles. The van der Waals surface area contributed by atoms with E-state index in [0.717, 1.165) is 31.1 Å². The highest BCUT2D eigenvalue weighted by Gasteiger charge is 2.30. The molecule has 0 amide bonds. The van der Waals surface area contributed by atoms with Crippen molar-refractivity contribution in [3.05, 3.63) is 11.8 Å². The van der Waals surface area contributed by atoms with Crippen molar-refractivity contribution in [1.82, 2.24) is 15.1 Å². The molecule has 2 N–H and O–H groups in total. The second-order valence-electron chi connectivity index (χ2n) is 3.77. The van der Waals surface area contributed by atoms with E-state index in [1.165, 1.54) is 0 Å². The molecule has 14 heavy (non-hydrogen) atoms. The summed E-state index contributed by atoms with van der Waals surface area (Å²) in [5.74, 6) is 0.820. The van der Waals surface area contributed by atoms with E-state index in [1.807, 2.05) is 10.7 Å². The maximum absolute atomic E-state index is 9.68. The fourth-order valence-corrected chi connectivity index (χ4v) is 2.07. The number of nitrogens with zero attached hydrogens (tertiary/aromatic N) is 2. The quantitative estimate of drug-likeness (QED) is 0.644. The molecule has 3 rings (SSSR count). The van der Waals surface area contributed by atoms with Crippen LogP contribution >= 0.6 is 0 Å². The molecule has 1 fully saturated rings. The molecule has 1 aromatic heterocycles. The predicted octanol–water partition coefficient (Wildman–Crippen LogP) is -0.329. The Bertz CT molecular complexity index is 328. The van der Waals surface area contributed by atoms with E-state index in [4.69, 9.17) is 4.74 Å². The fraction of sp³-hybridized carbons (Fsp3) is 0.667. The topological polar surface area (TPSA) is 59.3 Å². The molecule has 0 bridgehead atoms. The number of nitrogens with one attached hydrogen (secondary N) is 1. The molecule has 5 nitrogen and oxygen atoms in total. The first-order valence-electron chi connectivity index (χ1n) is 4.96. The van der Waals surface area contributed by atoms with Crippen LogP contribution in [0.5, 0.6) is 5.88 Å². The van der Waals surface area contributed by atoms with E-state index in [2.05, 4.69) is 10.4 Å². The summed E-state index contributed by atoms with van der Waals surface area (Å²) in [6.45, 7) is 2.39. The number of rotatable bonds is 1. The molecule has 2 unspecified atom stereocenters. The molecule has 0 aliphatic carbocycles. The predicted molar refractivity (Wildman–Crippen MR) is 49.1 cm³/mol. The monoisotopic (exact) mass is 195 g/mol. The molecule has 76 valence electrons. The minimum Gasteiger partial charge on any atom is -0.476 e. The summed E-state index contributed by atoms with van der Waals surface area (Å²) in [6, 6.07) is 1.90. The molecule has 1 aromatic rings. The Morgan fingerprint density at radius 2 is 2.57 bits per heavy atom. The molecule has 5 heteroatoms. The normalized spacial score (nSPS) is 30.4. The van der Waals surface area contributed by atoms with E-state index < -0.39 is 0 Å². The number of fused-ring (bicyclic) bond motifs is 1. The SMILES string of the molecule is OC1CCNC1c1cc2n(n1)CCO2. The Kier molecular flexibility index (Phi) is 1.75. The molecule has 1 saturated heterocycles. The van der Waals surface area contributed by atoms with Gasteiger partial charge in [-0.3, -0.25) is 0 Å². The lowest BCUT2D eigenvalue weighted by molar-refractivity contribution is 0.158. The van der Waals surface area contributed by atoms with Gasteiger partial charge in [0.25, 0.3) is 0 Å². The van der Waals surface area contributed by atoms with Crippen LogP contribution in [-0.4, -0.2) is 34.1 Å². The zero-order valence-electron chi connectivity index (χ0n) is 7.81. The molecule has 0 saturated carbocycles. The van der Waals surface area contributed by atoms with Gasteiger partial charge in [0.05, 0.1) is 24.4 Å². The van der Waals surface area contributed by atoms with E-state index >= 15 is 0 Å². The van der Waals surface area contributed by atoms with Crippen molar-refractivity contribution in [1.29, 1.82) is 0 Å². The Balaban J connectivity index is 1.89. The highest BCUT2D eigenvalue weighted by Crippen LogP contribution is 2.27. The lowest BCUT2D eigenvalue weighted by Gasteiger charge is -2.11. The smallest absolute Gasteiger partial charge is 0.212 e. The lowest BCUT2D eigenvalue weighted by Crippen LogP contribution is -2.21. The lowest BCUT2D eigenvalue weighted by atomic mass is 10.1. The van der Waals surface area contributed by atoms with Crippen LogP contribution in [0.15, 0.2) is 6.07 Å². The van der Waals surface area contributed by atoms with E-state index in [0.29, 0.717) is 6.61 Å². The van der Waals surface area contributed by atoms with E-state index in [-0.39, 0.29) is 12.1 Å². The molecular weight excluding hydrogens is 182 g/mol. The summed E-state index contributed by atoms with van der Waals surface area (Å²) >= 11 is 0. The molecule has 2 aliphatic rings. The first-order valence-corrected chi connectivity index (χ1v) is 4.96. The number of aromatic nitrogens is 2. The second-order valence-corrected chi connectivity index (χ2v) is 3.77. The van der Waals surface area contributed by atoms with Crippen LogP contribution in [0.3, 0.4) is 0 Å². The zero-order valence-corrected chi connectivity index (χ0v) is 7.81. The fourth-order valence-electron chi connectivity index (χ4n) is 2.07. The van der Waals surface area contributed by atoms with Crippen molar-refractivity contribution >= 4 is 0 Å². The van der Waals surface area contributed by atoms with Gasteiger partial charge in [-0.05, 0) is 13.0 Å². The summed E-state index contributed by atoms with van der Waals surface area (Å²) in [5.41, 5.74) is 0.893. The van der Waals surface area contributed by atoms with E-state index in [9.17, 15) is 5.11 Å². The van der Waals surface area contributed by atoms with Crippen molar-refractivity contribution < 1.29 is 9.84 Å². The number of aliphatic hydroxyl groups is 1. The minimum absolute atomic E-state index is 0.0169. The summed E-state index contributed by atoms with van der Waals surface area (Å²) in [5, 5.41) is 17.3. The first-order chi connectivity index (χ1) is 6.84. The van der Waals surface area contributed by atoms with Crippen LogP contribution in [0.4, 0.5) is 0 Å². The summed E-state index contributed by atoms with van der Waals surface area (Å²) in [7, 11) is 0. The number of hydrogen-bond donors (Lipinski definition) is 2. The van der Waals surface area contributed by atoms with E-state index in [1.54, 1.807) is 0 Å². The van der Waals surface area contributed by atoms with Crippen LogP contribution in [0.1, 0.15) is 18.2 Å². The summed E-state index contributed by atoms with van der Waals surface area (Å²) < 4.78 is 7.21. The molecule has 0 spiro atoms.